The minimum Gasteiger partial charge on any atom is -0.383 e. The van der Waals surface area contributed by atoms with Crippen molar-refractivity contribution in [3.8, 4) is 6.07 Å². The summed E-state index contributed by atoms with van der Waals surface area (Å²) in [5.74, 6) is 0.195. The van der Waals surface area contributed by atoms with E-state index >= 15 is 0 Å². The van der Waals surface area contributed by atoms with E-state index in [1.165, 1.54) is 12.8 Å². The minimum atomic E-state index is -0.170. The number of methoxy groups -OCH3 is 1. The molecule has 0 aromatic heterocycles. The maximum absolute atomic E-state index is 12.6. The third kappa shape index (κ3) is 5.48. The van der Waals surface area contributed by atoms with E-state index in [0.717, 1.165) is 25.9 Å². The van der Waals surface area contributed by atoms with Gasteiger partial charge in [-0.25, -0.2) is 0 Å². The van der Waals surface area contributed by atoms with Crippen molar-refractivity contribution < 1.29 is 9.53 Å². The number of amides is 1. The lowest BCUT2D eigenvalue weighted by Gasteiger charge is -2.31. The molecule has 0 saturated carbocycles. The SMILES string of the molecule is COCCN(CCC#N)C(C)C(=O)N1CCCCCC1. The predicted molar refractivity (Wildman–Crippen MR) is 78.2 cm³/mol. The second kappa shape index (κ2) is 9.73. The predicted octanol–water partition coefficient (Wildman–Crippen LogP) is 1.64. The van der Waals surface area contributed by atoms with Crippen LogP contribution in [0.15, 0.2) is 0 Å². The first-order valence-corrected chi connectivity index (χ1v) is 7.59. The van der Waals surface area contributed by atoms with Gasteiger partial charge in [0.25, 0.3) is 0 Å². The lowest BCUT2D eigenvalue weighted by molar-refractivity contribution is -0.136. The van der Waals surface area contributed by atoms with E-state index in [1.807, 2.05) is 11.8 Å². The topological polar surface area (TPSA) is 56.6 Å². The van der Waals surface area contributed by atoms with Crippen LogP contribution in [0.4, 0.5) is 0 Å². The van der Waals surface area contributed by atoms with Crippen LogP contribution in [0, 0.1) is 11.3 Å². The van der Waals surface area contributed by atoms with Crippen molar-refractivity contribution in [3.63, 3.8) is 0 Å². The molecule has 114 valence electrons. The summed E-state index contributed by atoms with van der Waals surface area (Å²) in [6.45, 7) is 5.60. The Bertz CT molecular complexity index is 320. The highest BCUT2D eigenvalue weighted by Gasteiger charge is 2.26. The van der Waals surface area contributed by atoms with Crippen molar-refractivity contribution in [2.75, 3.05) is 39.9 Å². The number of hydrogen-bond donors (Lipinski definition) is 0. The van der Waals surface area contributed by atoms with Gasteiger partial charge in [0.05, 0.1) is 18.7 Å². The summed E-state index contributed by atoms with van der Waals surface area (Å²) in [6, 6.07) is 1.98. The summed E-state index contributed by atoms with van der Waals surface area (Å²) in [4.78, 5) is 16.6. The van der Waals surface area contributed by atoms with Crippen LogP contribution in [-0.2, 0) is 9.53 Å². The first kappa shape index (κ1) is 16.9. The third-order valence-electron chi connectivity index (χ3n) is 3.92. The molecule has 1 unspecified atom stereocenters. The number of rotatable bonds is 7. The standard InChI is InChI=1S/C15H27N3O2/c1-14(17(11-7-8-16)12-13-20-2)15(19)18-9-5-3-4-6-10-18/h14H,3-7,9-13H2,1-2H3. The van der Waals surface area contributed by atoms with Crippen molar-refractivity contribution in [3.05, 3.63) is 0 Å². The molecule has 0 aliphatic carbocycles. The summed E-state index contributed by atoms with van der Waals surface area (Å²) in [5.41, 5.74) is 0. The van der Waals surface area contributed by atoms with Gasteiger partial charge < -0.3 is 9.64 Å². The van der Waals surface area contributed by atoms with Gasteiger partial charge >= 0.3 is 0 Å². The van der Waals surface area contributed by atoms with E-state index in [2.05, 4.69) is 11.0 Å². The van der Waals surface area contributed by atoms with E-state index in [1.54, 1.807) is 7.11 Å². The van der Waals surface area contributed by atoms with Crippen molar-refractivity contribution in [1.29, 1.82) is 5.26 Å². The first-order chi connectivity index (χ1) is 9.70. The molecule has 0 aromatic carbocycles. The first-order valence-electron chi connectivity index (χ1n) is 7.59. The molecule has 1 fully saturated rings. The fourth-order valence-electron chi connectivity index (χ4n) is 2.61. The zero-order chi connectivity index (χ0) is 14.8. The lowest BCUT2D eigenvalue weighted by atomic mass is 10.2. The van der Waals surface area contributed by atoms with Crippen LogP contribution in [0.1, 0.15) is 39.0 Å². The minimum absolute atomic E-state index is 0.170. The second-order valence-electron chi connectivity index (χ2n) is 5.35. The Morgan fingerprint density at radius 3 is 2.50 bits per heavy atom. The van der Waals surface area contributed by atoms with E-state index < -0.39 is 0 Å². The maximum Gasteiger partial charge on any atom is 0.239 e. The monoisotopic (exact) mass is 281 g/mol. The molecule has 20 heavy (non-hydrogen) atoms. The van der Waals surface area contributed by atoms with Crippen molar-refractivity contribution in [2.45, 2.75) is 45.1 Å². The average molecular weight is 281 g/mol. The molecule has 1 saturated heterocycles. The number of ether oxygens (including phenoxy) is 1. The quantitative estimate of drug-likeness (QED) is 0.712. The summed E-state index contributed by atoms with van der Waals surface area (Å²) in [6.07, 6.45) is 5.10. The molecule has 1 atom stereocenters. The van der Waals surface area contributed by atoms with Gasteiger partial charge in [0.1, 0.15) is 0 Å². The van der Waals surface area contributed by atoms with Crippen LogP contribution in [-0.4, -0.2) is 61.6 Å². The van der Waals surface area contributed by atoms with Gasteiger partial charge in [0.15, 0.2) is 0 Å². The Hall–Kier alpha value is -1.12. The fraction of sp³-hybridized carbons (Fsp3) is 0.867. The summed E-state index contributed by atoms with van der Waals surface area (Å²) in [5, 5.41) is 8.74. The largest absolute Gasteiger partial charge is 0.383 e. The Morgan fingerprint density at radius 1 is 1.30 bits per heavy atom. The smallest absolute Gasteiger partial charge is 0.239 e. The highest BCUT2D eigenvalue weighted by Crippen LogP contribution is 2.13. The molecule has 0 aromatic rings. The van der Waals surface area contributed by atoms with Crippen molar-refractivity contribution in [2.24, 2.45) is 0 Å². The Kier molecular flexibility index (Phi) is 8.24. The molecule has 1 aliphatic rings. The third-order valence-corrected chi connectivity index (χ3v) is 3.92. The average Bonchev–Trinajstić information content (AvgIpc) is 2.75. The number of carbonyl (C=O) groups excluding carboxylic acids is 1. The van der Waals surface area contributed by atoms with Gasteiger partial charge in [-0.3, -0.25) is 9.69 Å². The van der Waals surface area contributed by atoms with Gasteiger partial charge in [-0.1, -0.05) is 12.8 Å². The molecule has 0 bridgehead atoms. The zero-order valence-electron chi connectivity index (χ0n) is 12.8. The van der Waals surface area contributed by atoms with E-state index in [0.29, 0.717) is 26.1 Å². The number of nitrogens with zero attached hydrogens (tertiary/aromatic N) is 3. The fourth-order valence-corrected chi connectivity index (χ4v) is 2.61. The van der Waals surface area contributed by atoms with Gasteiger partial charge in [0.2, 0.25) is 5.91 Å². The maximum atomic E-state index is 12.6. The molecular weight excluding hydrogens is 254 g/mol. The normalized spacial score (nSPS) is 17.6. The Morgan fingerprint density at radius 2 is 1.95 bits per heavy atom. The van der Waals surface area contributed by atoms with Gasteiger partial charge in [-0.05, 0) is 19.8 Å². The number of hydrogen-bond acceptors (Lipinski definition) is 4. The van der Waals surface area contributed by atoms with Crippen LogP contribution in [0.3, 0.4) is 0 Å². The molecule has 1 heterocycles. The highest BCUT2D eigenvalue weighted by molar-refractivity contribution is 5.81. The van der Waals surface area contributed by atoms with Crippen LogP contribution in [0.25, 0.3) is 0 Å². The molecule has 0 N–H and O–H groups in total. The number of likely N-dealkylation sites (tertiary alicyclic amines) is 1. The molecule has 1 amide bonds. The molecule has 1 rings (SSSR count). The second-order valence-corrected chi connectivity index (χ2v) is 5.35. The Labute approximate surface area is 122 Å². The van der Waals surface area contributed by atoms with E-state index in [9.17, 15) is 4.79 Å². The molecule has 0 spiro atoms. The molecular formula is C15H27N3O2. The molecule has 0 radical (unpaired) electrons. The van der Waals surface area contributed by atoms with Crippen LogP contribution >= 0.6 is 0 Å². The lowest BCUT2D eigenvalue weighted by Crippen LogP contribution is -2.48. The summed E-state index contributed by atoms with van der Waals surface area (Å²) >= 11 is 0. The number of carbonyl (C=O) groups is 1. The van der Waals surface area contributed by atoms with Gasteiger partial charge in [-0.2, -0.15) is 5.26 Å². The molecule has 5 heteroatoms. The van der Waals surface area contributed by atoms with Gasteiger partial charge in [0, 0.05) is 39.7 Å². The van der Waals surface area contributed by atoms with Crippen molar-refractivity contribution >= 4 is 5.91 Å². The van der Waals surface area contributed by atoms with Crippen LogP contribution in [0.2, 0.25) is 0 Å². The summed E-state index contributed by atoms with van der Waals surface area (Å²) in [7, 11) is 1.66. The molecule has 1 aliphatic heterocycles. The number of nitriles is 1. The van der Waals surface area contributed by atoms with E-state index in [4.69, 9.17) is 10.00 Å². The molecule has 5 nitrogen and oxygen atoms in total. The highest BCUT2D eigenvalue weighted by atomic mass is 16.5. The van der Waals surface area contributed by atoms with Crippen LogP contribution in [0.5, 0.6) is 0 Å². The summed E-state index contributed by atoms with van der Waals surface area (Å²) < 4.78 is 5.10. The van der Waals surface area contributed by atoms with E-state index in [-0.39, 0.29) is 11.9 Å². The van der Waals surface area contributed by atoms with Gasteiger partial charge in [-0.15, -0.1) is 0 Å². The Balaban J connectivity index is 2.58. The van der Waals surface area contributed by atoms with Crippen LogP contribution < -0.4 is 0 Å². The zero-order valence-corrected chi connectivity index (χ0v) is 12.8. The van der Waals surface area contributed by atoms with Crippen molar-refractivity contribution in [1.82, 2.24) is 9.80 Å².